The highest BCUT2D eigenvalue weighted by Gasteiger charge is 2.37. The van der Waals surface area contributed by atoms with Crippen LogP contribution in [0.15, 0.2) is 5.38 Å². The van der Waals surface area contributed by atoms with Crippen molar-refractivity contribution in [3.05, 3.63) is 11.1 Å². The van der Waals surface area contributed by atoms with Crippen LogP contribution in [0.4, 0.5) is 5.13 Å². The topological polar surface area (TPSA) is 91.4 Å². The number of carbonyl (C=O) groups is 3. The molecular formula is C12H16N4O3S. The van der Waals surface area contributed by atoms with Gasteiger partial charge in [0.2, 0.25) is 11.8 Å². The molecule has 0 aromatic carbocycles. The molecule has 20 heavy (non-hydrogen) atoms. The minimum atomic E-state index is -0.469. The molecule has 0 atom stereocenters. The van der Waals surface area contributed by atoms with Gasteiger partial charge >= 0.3 is 0 Å². The van der Waals surface area contributed by atoms with Crippen molar-refractivity contribution in [1.82, 2.24) is 15.2 Å². The molecule has 8 heteroatoms. The Balaban J connectivity index is 2.19. The number of nitrogens with zero attached hydrogens (tertiary/aromatic N) is 2. The predicted octanol–water partition coefficient (Wildman–Crippen LogP) is 0.452. The highest BCUT2D eigenvalue weighted by molar-refractivity contribution is 7.14. The maximum absolute atomic E-state index is 12.4. The Morgan fingerprint density at radius 2 is 2.20 bits per heavy atom. The SMILES string of the molecule is CC(=O)Nc1nc(C(=O)N2CC(=O)NCC2(C)C)cs1. The Labute approximate surface area is 120 Å². The van der Waals surface area contributed by atoms with Gasteiger partial charge in [0.15, 0.2) is 5.13 Å². The summed E-state index contributed by atoms with van der Waals surface area (Å²) in [4.78, 5) is 40.4. The number of piperazine rings is 1. The highest BCUT2D eigenvalue weighted by atomic mass is 32.1. The summed E-state index contributed by atoms with van der Waals surface area (Å²) in [6.45, 7) is 5.55. The molecule has 7 nitrogen and oxygen atoms in total. The largest absolute Gasteiger partial charge is 0.352 e. The molecule has 0 aliphatic carbocycles. The highest BCUT2D eigenvalue weighted by Crippen LogP contribution is 2.22. The fourth-order valence-electron chi connectivity index (χ4n) is 1.89. The zero-order valence-corrected chi connectivity index (χ0v) is 12.3. The van der Waals surface area contributed by atoms with Gasteiger partial charge in [0.1, 0.15) is 12.2 Å². The first kappa shape index (κ1) is 14.4. The smallest absolute Gasteiger partial charge is 0.274 e. The van der Waals surface area contributed by atoms with Gasteiger partial charge in [-0.15, -0.1) is 11.3 Å². The van der Waals surface area contributed by atoms with Crippen LogP contribution in [0.25, 0.3) is 0 Å². The standard InChI is InChI=1S/C12H16N4O3S/c1-7(17)14-11-15-8(5-20-11)10(19)16-4-9(18)13-6-12(16,2)3/h5H,4,6H2,1-3H3,(H,13,18)(H,14,15,17). The molecule has 0 radical (unpaired) electrons. The number of hydrogen-bond donors (Lipinski definition) is 2. The molecule has 1 fully saturated rings. The minimum absolute atomic E-state index is 0.0127. The monoisotopic (exact) mass is 296 g/mol. The van der Waals surface area contributed by atoms with Gasteiger partial charge in [-0.3, -0.25) is 14.4 Å². The Morgan fingerprint density at radius 1 is 1.50 bits per heavy atom. The van der Waals surface area contributed by atoms with E-state index in [1.54, 1.807) is 5.38 Å². The van der Waals surface area contributed by atoms with Crippen LogP contribution in [0.5, 0.6) is 0 Å². The molecule has 0 spiro atoms. The van der Waals surface area contributed by atoms with E-state index in [1.807, 2.05) is 13.8 Å². The maximum Gasteiger partial charge on any atom is 0.274 e. The summed E-state index contributed by atoms with van der Waals surface area (Å²) in [5.74, 6) is -0.733. The normalized spacial score (nSPS) is 17.6. The van der Waals surface area contributed by atoms with Crippen LogP contribution in [0.3, 0.4) is 0 Å². The van der Waals surface area contributed by atoms with Crippen LogP contribution in [0, 0.1) is 0 Å². The molecule has 108 valence electrons. The predicted molar refractivity (Wildman–Crippen MR) is 74.5 cm³/mol. The molecule has 1 aromatic rings. The summed E-state index contributed by atoms with van der Waals surface area (Å²) in [5, 5.41) is 7.22. The van der Waals surface area contributed by atoms with Gasteiger partial charge in [-0.25, -0.2) is 4.98 Å². The van der Waals surface area contributed by atoms with Crippen molar-refractivity contribution in [2.45, 2.75) is 26.3 Å². The van der Waals surface area contributed by atoms with E-state index in [9.17, 15) is 14.4 Å². The van der Waals surface area contributed by atoms with Crippen molar-refractivity contribution in [3.8, 4) is 0 Å². The molecule has 1 aromatic heterocycles. The molecule has 0 saturated carbocycles. The van der Waals surface area contributed by atoms with Crippen LogP contribution in [0.2, 0.25) is 0 Å². The average Bonchev–Trinajstić information content (AvgIpc) is 2.79. The van der Waals surface area contributed by atoms with Crippen molar-refractivity contribution in [2.75, 3.05) is 18.4 Å². The van der Waals surface area contributed by atoms with Crippen molar-refractivity contribution < 1.29 is 14.4 Å². The summed E-state index contributed by atoms with van der Waals surface area (Å²) in [6, 6.07) is 0. The number of thiazole rings is 1. The van der Waals surface area contributed by atoms with Gasteiger partial charge in [-0.1, -0.05) is 0 Å². The molecule has 2 rings (SSSR count). The molecule has 2 heterocycles. The van der Waals surface area contributed by atoms with Crippen LogP contribution < -0.4 is 10.6 Å². The van der Waals surface area contributed by atoms with Crippen LogP contribution >= 0.6 is 11.3 Å². The molecule has 0 unspecified atom stereocenters. The maximum atomic E-state index is 12.4. The van der Waals surface area contributed by atoms with Gasteiger partial charge in [-0.05, 0) is 13.8 Å². The third-order valence-electron chi connectivity index (χ3n) is 3.00. The van der Waals surface area contributed by atoms with Gasteiger partial charge in [0.25, 0.3) is 5.91 Å². The van der Waals surface area contributed by atoms with Crippen molar-refractivity contribution in [1.29, 1.82) is 0 Å². The Kier molecular flexibility index (Phi) is 3.76. The third kappa shape index (κ3) is 2.96. The lowest BCUT2D eigenvalue weighted by Crippen LogP contribution is -2.62. The van der Waals surface area contributed by atoms with E-state index in [0.717, 1.165) is 0 Å². The fraction of sp³-hybridized carbons (Fsp3) is 0.500. The fourth-order valence-corrected chi connectivity index (χ4v) is 2.62. The van der Waals surface area contributed by atoms with Crippen molar-refractivity contribution >= 4 is 34.2 Å². The second-order valence-corrected chi connectivity index (χ2v) is 6.06. The van der Waals surface area contributed by atoms with Gasteiger partial charge < -0.3 is 15.5 Å². The third-order valence-corrected chi connectivity index (χ3v) is 3.76. The molecule has 0 bridgehead atoms. The number of anilines is 1. The number of rotatable bonds is 2. The first-order valence-corrected chi connectivity index (χ1v) is 6.99. The number of amides is 3. The summed E-state index contributed by atoms with van der Waals surface area (Å²) >= 11 is 1.18. The zero-order chi connectivity index (χ0) is 14.9. The van der Waals surface area contributed by atoms with Gasteiger partial charge in [-0.2, -0.15) is 0 Å². The summed E-state index contributed by atoms with van der Waals surface area (Å²) in [7, 11) is 0. The molecule has 1 saturated heterocycles. The molecule has 1 aliphatic rings. The van der Waals surface area contributed by atoms with E-state index in [2.05, 4.69) is 15.6 Å². The molecule has 2 N–H and O–H groups in total. The first-order valence-electron chi connectivity index (χ1n) is 6.11. The van der Waals surface area contributed by atoms with E-state index in [1.165, 1.54) is 23.2 Å². The first-order chi connectivity index (χ1) is 9.29. The van der Waals surface area contributed by atoms with Gasteiger partial charge in [0, 0.05) is 18.8 Å². The zero-order valence-electron chi connectivity index (χ0n) is 11.5. The summed E-state index contributed by atoms with van der Waals surface area (Å²) < 4.78 is 0. The lowest BCUT2D eigenvalue weighted by molar-refractivity contribution is -0.126. The Bertz CT molecular complexity index is 567. The van der Waals surface area contributed by atoms with E-state index >= 15 is 0 Å². The Morgan fingerprint density at radius 3 is 2.85 bits per heavy atom. The summed E-state index contributed by atoms with van der Waals surface area (Å²) in [5.41, 5.74) is -0.232. The second-order valence-electron chi connectivity index (χ2n) is 5.20. The van der Waals surface area contributed by atoms with Crippen LogP contribution in [0.1, 0.15) is 31.3 Å². The number of carbonyl (C=O) groups excluding carboxylic acids is 3. The quantitative estimate of drug-likeness (QED) is 0.829. The lowest BCUT2D eigenvalue weighted by Gasteiger charge is -2.41. The van der Waals surface area contributed by atoms with Crippen molar-refractivity contribution in [3.63, 3.8) is 0 Å². The second kappa shape index (κ2) is 5.20. The van der Waals surface area contributed by atoms with E-state index in [0.29, 0.717) is 11.7 Å². The van der Waals surface area contributed by atoms with Crippen molar-refractivity contribution in [2.24, 2.45) is 0 Å². The molecular weight excluding hydrogens is 280 g/mol. The molecule has 3 amide bonds. The lowest BCUT2D eigenvalue weighted by atomic mass is 9.99. The number of aromatic nitrogens is 1. The summed E-state index contributed by atoms with van der Waals surface area (Å²) in [6.07, 6.45) is 0. The average molecular weight is 296 g/mol. The minimum Gasteiger partial charge on any atom is -0.352 e. The van der Waals surface area contributed by atoms with E-state index < -0.39 is 5.54 Å². The van der Waals surface area contributed by atoms with Crippen LogP contribution in [-0.2, 0) is 9.59 Å². The number of nitrogens with one attached hydrogen (secondary N) is 2. The van der Waals surface area contributed by atoms with Gasteiger partial charge in [0.05, 0.1) is 5.54 Å². The van der Waals surface area contributed by atoms with E-state index in [-0.39, 0.29) is 30.0 Å². The van der Waals surface area contributed by atoms with Crippen LogP contribution in [-0.4, -0.2) is 46.2 Å². The Hall–Kier alpha value is -1.96. The molecule has 1 aliphatic heterocycles. The number of hydrogen-bond acceptors (Lipinski definition) is 5. The van der Waals surface area contributed by atoms with E-state index in [4.69, 9.17) is 0 Å².